The zero-order chi connectivity index (χ0) is 13.8. The Balaban J connectivity index is 2.39. The maximum atomic E-state index is 11.9. The van der Waals surface area contributed by atoms with E-state index in [4.69, 9.17) is 0 Å². The Morgan fingerprint density at radius 1 is 1.33 bits per heavy atom. The van der Waals surface area contributed by atoms with Crippen molar-refractivity contribution in [2.75, 3.05) is 33.8 Å². The van der Waals surface area contributed by atoms with E-state index in [2.05, 4.69) is 22.0 Å². The normalized spacial score (nSPS) is 18.4. The first-order valence-corrected chi connectivity index (χ1v) is 6.43. The first kappa shape index (κ1) is 15.0. The van der Waals surface area contributed by atoms with Gasteiger partial charge in [-0.05, 0) is 52.7 Å². The Morgan fingerprint density at radius 2 is 1.89 bits per heavy atom. The predicted molar refractivity (Wildman–Crippen MR) is 69.0 cm³/mol. The van der Waals surface area contributed by atoms with Gasteiger partial charge in [0.1, 0.15) is 5.41 Å². The Bertz CT molecular complexity index is 307. The summed E-state index contributed by atoms with van der Waals surface area (Å²) in [6.07, 6.45) is 2.19. The first-order chi connectivity index (χ1) is 8.37. The number of nitrogens with zero attached hydrogens (tertiary/aromatic N) is 1. The number of hydrogen-bond acceptors (Lipinski definition) is 4. The summed E-state index contributed by atoms with van der Waals surface area (Å²) >= 11 is 0. The molecule has 0 aromatic carbocycles. The molecule has 0 atom stereocenters. The Morgan fingerprint density at radius 3 is 2.39 bits per heavy atom. The van der Waals surface area contributed by atoms with Crippen LogP contribution < -0.4 is 5.32 Å². The van der Waals surface area contributed by atoms with Crippen LogP contribution in [-0.2, 0) is 14.3 Å². The second kappa shape index (κ2) is 6.18. The third kappa shape index (κ3) is 3.70. The lowest BCUT2D eigenvalue weighted by Crippen LogP contribution is -2.45. The van der Waals surface area contributed by atoms with Crippen molar-refractivity contribution < 1.29 is 14.3 Å². The van der Waals surface area contributed by atoms with E-state index < -0.39 is 11.4 Å². The molecule has 104 valence electrons. The number of piperidine rings is 1. The van der Waals surface area contributed by atoms with Gasteiger partial charge in [-0.15, -0.1) is 0 Å². The molecule has 1 aliphatic rings. The first-order valence-electron chi connectivity index (χ1n) is 6.43. The fraction of sp³-hybridized carbons (Fsp3) is 0.846. The molecule has 5 heteroatoms. The van der Waals surface area contributed by atoms with Gasteiger partial charge >= 0.3 is 5.97 Å². The van der Waals surface area contributed by atoms with Crippen LogP contribution in [0.4, 0.5) is 0 Å². The topological polar surface area (TPSA) is 58.6 Å². The van der Waals surface area contributed by atoms with Gasteiger partial charge < -0.3 is 15.0 Å². The third-order valence-electron chi connectivity index (χ3n) is 3.65. The number of carbonyl (C=O) groups is 2. The molecule has 1 N–H and O–H groups in total. The second-order valence-corrected chi connectivity index (χ2v) is 5.57. The maximum absolute atomic E-state index is 11.9. The molecule has 18 heavy (non-hydrogen) atoms. The maximum Gasteiger partial charge on any atom is 0.320 e. The molecule has 0 radical (unpaired) electrons. The van der Waals surface area contributed by atoms with Crippen LogP contribution in [0.25, 0.3) is 0 Å². The number of likely N-dealkylation sites (tertiary alicyclic amines) is 1. The number of carbonyl (C=O) groups excluding carboxylic acids is 2. The molecule has 0 aromatic heterocycles. The van der Waals surface area contributed by atoms with Gasteiger partial charge in [-0.1, -0.05) is 0 Å². The van der Waals surface area contributed by atoms with Gasteiger partial charge in [0.15, 0.2) is 0 Å². The fourth-order valence-corrected chi connectivity index (χ4v) is 2.07. The lowest BCUT2D eigenvalue weighted by Gasteiger charge is -2.30. The number of rotatable bonds is 4. The van der Waals surface area contributed by atoms with Crippen LogP contribution in [0.15, 0.2) is 0 Å². The summed E-state index contributed by atoms with van der Waals surface area (Å²) in [5.74, 6) is -0.241. The van der Waals surface area contributed by atoms with E-state index in [1.54, 1.807) is 13.8 Å². The van der Waals surface area contributed by atoms with Crippen molar-refractivity contribution in [2.45, 2.75) is 26.7 Å². The Kier molecular flexibility index (Phi) is 5.14. The van der Waals surface area contributed by atoms with Crippen molar-refractivity contribution in [3.8, 4) is 0 Å². The number of amides is 1. The van der Waals surface area contributed by atoms with E-state index in [1.165, 1.54) is 7.11 Å². The minimum atomic E-state index is -1.11. The molecular formula is C13H24N2O3. The zero-order valence-corrected chi connectivity index (χ0v) is 11.8. The quantitative estimate of drug-likeness (QED) is 0.592. The number of hydrogen-bond donors (Lipinski definition) is 1. The highest BCUT2D eigenvalue weighted by molar-refractivity contribution is 6.01. The molecule has 1 rings (SSSR count). The summed E-state index contributed by atoms with van der Waals surface area (Å²) in [4.78, 5) is 25.7. The average Bonchev–Trinajstić information content (AvgIpc) is 2.36. The van der Waals surface area contributed by atoms with Gasteiger partial charge in [0, 0.05) is 6.54 Å². The fourth-order valence-electron chi connectivity index (χ4n) is 2.07. The number of nitrogens with one attached hydrogen (secondary N) is 1. The molecule has 0 aromatic rings. The van der Waals surface area contributed by atoms with E-state index in [0.717, 1.165) is 25.9 Å². The summed E-state index contributed by atoms with van der Waals surface area (Å²) in [6.45, 7) is 5.96. The summed E-state index contributed by atoms with van der Waals surface area (Å²) in [5.41, 5.74) is -1.11. The van der Waals surface area contributed by atoms with Crippen molar-refractivity contribution in [2.24, 2.45) is 11.3 Å². The summed E-state index contributed by atoms with van der Waals surface area (Å²) in [7, 11) is 3.41. The molecular weight excluding hydrogens is 232 g/mol. The van der Waals surface area contributed by atoms with Crippen LogP contribution in [0, 0.1) is 11.3 Å². The highest BCUT2D eigenvalue weighted by Crippen LogP contribution is 2.19. The van der Waals surface area contributed by atoms with Crippen LogP contribution >= 0.6 is 0 Å². The largest absolute Gasteiger partial charge is 0.468 e. The van der Waals surface area contributed by atoms with Crippen LogP contribution in [0.1, 0.15) is 26.7 Å². The number of ether oxygens (including phenoxy) is 1. The molecule has 0 aliphatic carbocycles. The second-order valence-electron chi connectivity index (χ2n) is 5.57. The smallest absolute Gasteiger partial charge is 0.320 e. The standard InChI is InChI=1S/C13H24N2O3/c1-13(2,12(17)18-4)11(16)14-9-10-5-7-15(3)8-6-10/h10H,5-9H2,1-4H3,(H,14,16). The van der Waals surface area contributed by atoms with Gasteiger partial charge in [-0.25, -0.2) is 0 Å². The van der Waals surface area contributed by atoms with Gasteiger partial charge in [-0.3, -0.25) is 9.59 Å². The molecule has 0 saturated carbocycles. The third-order valence-corrected chi connectivity index (χ3v) is 3.65. The van der Waals surface area contributed by atoms with Crippen molar-refractivity contribution in [1.29, 1.82) is 0 Å². The molecule has 1 saturated heterocycles. The number of methoxy groups -OCH3 is 1. The summed E-state index contributed by atoms with van der Waals surface area (Å²) in [6, 6.07) is 0. The molecule has 0 bridgehead atoms. The van der Waals surface area contributed by atoms with E-state index >= 15 is 0 Å². The van der Waals surface area contributed by atoms with E-state index in [1.807, 2.05) is 0 Å². The van der Waals surface area contributed by atoms with E-state index in [0.29, 0.717) is 12.5 Å². The Labute approximate surface area is 109 Å². The van der Waals surface area contributed by atoms with Crippen molar-refractivity contribution in [3.63, 3.8) is 0 Å². The molecule has 1 fully saturated rings. The molecule has 0 unspecified atom stereocenters. The molecule has 1 aliphatic heterocycles. The lowest BCUT2D eigenvalue weighted by molar-refractivity contribution is -0.156. The molecule has 1 amide bonds. The zero-order valence-electron chi connectivity index (χ0n) is 11.8. The summed E-state index contributed by atoms with van der Waals surface area (Å²) < 4.78 is 4.64. The van der Waals surface area contributed by atoms with Crippen LogP contribution in [0.3, 0.4) is 0 Å². The van der Waals surface area contributed by atoms with Crippen LogP contribution in [-0.4, -0.2) is 50.6 Å². The van der Waals surface area contributed by atoms with E-state index in [-0.39, 0.29) is 5.91 Å². The van der Waals surface area contributed by atoms with Gasteiger partial charge in [0.05, 0.1) is 7.11 Å². The van der Waals surface area contributed by atoms with Gasteiger partial charge in [-0.2, -0.15) is 0 Å². The molecule has 5 nitrogen and oxygen atoms in total. The molecule has 0 spiro atoms. The molecule has 1 heterocycles. The minimum Gasteiger partial charge on any atom is -0.468 e. The van der Waals surface area contributed by atoms with Crippen LogP contribution in [0.5, 0.6) is 0 Å². The minimum absolute atomic E-state index is 0.256. The van der Waals surface area contributed by atoms with Crippen molar-refractivity contribution >= 4 is 11.9 Å². The average molecular weight is 256 g/mol. The SMILES string of the molecule is COC(=O)C(C)(C)C(=O)NCC1CCN(C)CC1. The van der Waals surface area contributed by atoms with Crippen molar-refractivity contribution in [1.82, 2.24) is 10.2 Å². The Hall–Kier alpha value is -1.10. The predicted octanol–water partition coefficient (Wildman–Crippen LogP) is 0.644. The monoisotopic (exact) mass is 256 g/mol. The van der Waals surface area contributed by atoms with Gasteiger partial charge in [0.2, 0.25) is 5.91 Å². The van der Waals surface area contributed by atoms with Gasteiger partial charge in [0.25, 0.3) is 0 Å². The lowest BCUT2D eigenvalue weighted by atomic mass is 9.91. The van der Waals surface area contributed by atoms with Crippen molar-refractivity contribution in [3.05, 3.63) is 0 Å². The van der Waals surface area contributed by atoms with E-state index in [9.17, 15) is 9.59 Å². The highest BCUT2D eigenvalue weighted by Gasteiger charge is 2.37. The van der Waals surface area contributed by atoms with Crippen LogP contribution in [0.2, 0.25) is 0 Å². The highest BCUT2D eigenvalue weighted by atomic mass is 16.5. The number of esters is 1. The summed E-state index contributed by atoms with van der Waals surface area (Å²) in [5, 5.41) is 2.86.